The normalized spacial score (nSPS) is 10.3. The number of halogens is 1. The SMILES string of the molecule is N#Cc1sc2nc(N)c(C#N)c(-c3ccccc3Br)c2c1N. The molecule has 22 heavy (non-hydrogen) atoms. The van der Waals surface area contributed by atoms with Gasteiger partial charge >= 0.3 is 0 Å². The van der Waals surface area contributed by atoms with Crippen molar-refractivity contribution < 1.29 is 0 Å². The highest BCUT2D eigenvalue weighted by Gasteiger charge is 2.22. The zero-order valence-electron chi connectivity index (χ0n) is 11.1. The van der Waals surface area contributed by atoms with Gasteiger partial charge < -0.3 is 11.5 Å². The lowest BCUT2D eigenvalue weighted by molar-refractivity contribution is 1.39. The molecular weight excluding hydrogens is 362 g/mol. The average molecular weight is 370 g/mol. The van der Waals surface area contributed by atoms with Crippen LogP contribution in [0.3, 0.4) is 0 Å². The fourth-order valence-electron chi connectivity index (χ4n) is 2.30. The second-order valence-corrected chi connectivity index (χ2v) is 6.33. The van der Waals surface area contributed by atoms with E-state index in [9.17, 15) is 10.5 Å². The van der Waals surface area contributed by atoms with Crippen LogP contribution in [0.15, 0.2) is 28.7 Å². The fourth-order valence-corrected chi connectivity index (χ4v) is 3.69. The summed E-state index contributed by atoms with van der Waals surface area (Å²) in [6.45, 7) is 0. The van der Waals surface area contributed by atoms with Gasteiger partial charge in [-0.25, -0.2) is 4.98 Å². The maximum atomic E-state index is 9.48. The van der Waals surface area contributed by atoms with E-state index >= 15 is 0 Å². The van der Waals surface area contributed by atoms with E-state index in [0.717, 1.165) is 10.0 Å². The number of pyridine rings is 1. The number of nitriles is 2. The number of thiophene rings is 1. The van der Waals surface area contributed by atoms with Crippen molar-refractivity contribution in [3.05, 3.63) is 39.2 Å². The number of nitrogen functional groups attached to an aromatic ring is 2. The van der Waals surface area contributed by atoms with Crippen LogP contribution in [-0.4, -0.2) is 4.98 Å². The number of aromatic nitrogens is 1. The Balaban J connectivity index is 2.57. The molecule has 0 amide bonds. The summed E-state index contributed by atoms with van der Waals surface area (Å²) in [6, 6.07) is 11.6. The molecule has 0 unspecified atom stereocenters. The number of hydrogen-bond donors (Lipinski definition) is 2. The lowest BCUT2D eigenvalue weighted by Gasteiger charge is -2.11. The predicted octanol–water partition coefficient (Wildman–Crippen LogP) is 3.63. The molecule has 0 spiro atoms. The Labute approximate surface area is 138 Å². The van der Waals surface area contributed by atoms with Crippen molar-refractivity contribution in [2.24, 2.45) is 0 Å². The molecule has 3 aromatic rings. The number of hydrogen-bond acceptors (Lipinski definition) is 6. The zero-order valence-corrected chi connectivity index (χ0v) is 13.5. The lowest BCUT2D eigenvalue weighted by Crippen LogP contribution is -1.99. The van der Waals surface area contributed by atoms with E-state index in [0.29, 0.717) is 26.3 Å². The van der Waals surface area contributed by atoms with Crippen molar-refractivity contribution in [2.45, 2.75) is 0 Å². The first-order valence-corrected chi connectivity index (χ1v) is 7.76. The largest absolute Gasteiger partial charge is 0.396 e. The van der Waals surface area contributed by atoms with Crippen LogP contribution in [0.2, 0.25) is 0 Å². The summed E-state index contributed by atoms with van der Waals surface area (Å²) in [5.41, 5.74) is 14.0. The number of anilines is 2. The van der Waals surface area contributed by atoms with Gasteiger partial charge in [-0.2, -0.15) is 10.5 Å². The van der Waals surface area contributed by atoms with Crippen LogP contribution in [0.4, 0.5) is 11.5 Å². The molecule has 5 nitrogen and oxygen atoms in total. The summed E-state index contributed by atoms with van der Waals surface area (Å²) in [5.74, 6) is 0.131. The molecule has 0 saturated heterocycles. The zero-order chi connectivity index (χ0) is 15.9. The van der Waals surface area contributed by atoms with E-state index in [2.05, 4.69) is 33.1 Å². The molecule has 0 aliphatic rings. The monoisotopic (exact) mass is 369 g/mol. The number of benzene rings is 1. The molecule has 0 aliphatic carbocycles. The van der Waals surface area contributed by atoms with Crippen LogP contribution in [0.1, 0.15) is 10.4 Å². The Bertz CT molecular complexity index is 994. The van der Waals surface area contributed by atoms with Gasteiger partial charge in [-0.3, -0.25) is 0 Å². The van der Waals surface area contributed by atoms with Gasteiger partial charge in [0.15, 0.2) is 0 Å². The van der Waals surface area contributed by atoms with E-state index < -0.39 is 0 Å². The summed E-state index contributed by atoms with van der Waals surface area (Å²) >= 11 is 4.65. The quantitative estimate of drug-likeness (QED) is 0.679. The Hall–Kier alpha value is -2.61. The van der Waals surface area contributed by atoms with Crippen LogP contribution < -0.4 is 11.5 Å². The van der Waals surface area contributed by atoms with E-state index in [-0.39, 0.29) is 11.4 Å². The van der Waals surface area contributed by atoms with Crippen LogP contribution in [0, 0.1) is 22.7 Å². The van der Waals surface area contributed by atoms with E-state index in [4.69, 9.17) is 11.5 Å². The van der Waals surface area contributed by atoms with Crippen LogP contribution in [0.25, 0.3) is 21.3 Å². The maximum Gasteiger partial charge on any atom is 0.143 e. The number of rotatable bonds is 1. The lowest BCUT2D eigenvalue weighted by atomic mass is 9.97. The maximum absolute atomic E-state index is 9.48. The number of nitrogens with two attached hydrogens (primary N) is 2. The van der Waals surface area contributed by atoms with Crippen molar-refractivity contribution >= 4 is 49.0 Å². The standard InChI is InChI=1S/C15H8BrN5S/c16-9-4-2-1-3-7(9)11-8(5-17)14(20)21-15-12(11)13(19)10(6-18)22-15/h1-4H,19H2,(H2,20,21). The first-order chi connectivity index (χ1) is 10.6. The van der Waals surface area contributed by atoms with Crippen molar-refractivity contribution in [1.29, 1.82) is 10.5 Å². The summed E-state index contributed by atoms with van der Waals surface area (Å²) in [4.78, 5) is 5.14. The van der Waals surface area contributed by atoms with E-state index in [1.165, 1.54) is 11.3 Å². The smallest absolute Gasteiger partial charge is 0.143 e. The minimum atomic E-state index is 0.131. The van der Waals surface area contributed by atoms with Gasteiger partial charge in [-0.1, -0.05) is 34.1 Å². The molecule has 2 aromatic heterocycles. The highest BCUT2D eigenvalue weighted by molar-refractivity contribution is 9.10. The summed E-state index contributed by atoms with van der Waals surface area (Å²) < 4.78 is 0.808. The molecule has 4 N–H and O–H groups in total. The van der Waals surface area contributed by atoms with Crippen LogP contribution in [0.5, 0.6) is 0 Å². The second kappa shape index (κ2) is 5.30. The Morgan fingerprint density at radius 1 is 1.14 bits per heavy atom. The fraction of sp³-hybridized carbons (Fsp3) is 0. The number of fused-ring (bicyclic) bond motifs is 1. The molecule has 106 valence electrons. The molecule has 3 rings (SSSR count). The van der Waals surface area contributed by atoms with Crippen molar-refractivity contribution in [3.63, 3.8) is 0 Å². The minimum absolute atomic E-state index is 0.131. The highest BCUT2D eigenvalue weighted by Crippen LogP contribution is 2.43. The van der Waals surface area contributed by atoms with Crippen LogP contribution >= 0.6 is 27.3 Å². The third kappa shape index (κ3) is 2.00. The Morgan fingerprint density at radius 2 is 1.86 bits per heavy atom. The third-order valence-corrected chi connectivity index (χ3v) is 4.96. The summed E-state index contributed by atoms with van der Waals surface area (Å²) in [6.07, 6.45) is 0. The molecule has 0 saturated carbocycles. The number of nitrogens with zero attached hydrogens (tertiary/aromatic N) is 3. The molecule has 0 aliphatic heterocycles. The molecule has 2 heterocycles. The topological polar surface area (TPSA) is 113 Å². The van der Waals surface area contributed by atoms with E-state index in [1.54, 1.807) is 0 Å². The Kier molecular flexibility index (Phi) is 3.45. The average Bonchev–Trinajstić information content (AvgIpc) is 2.82. The van der Waals surface area contributed by atoms with Gasteiger partial charge in [0.1, 0.15) is 33.2 Å². The molecule has 0 bridgehead atoms. The van der Waals surface area contributed by atoms with Gasteiger partial charge in [-0.05, 0) is 11.6 Å². The summed E-state index contributed by atoms with van der Waals surface area (Å²) in [7, 11) is 0. The van der Waals surface area contributed by atoms with Crippen molar-refractivity contribution in [3.8, 4) is 23.3 Å². The van der Waals surface area contributed by atoms with Crippen molar-refractivity contribution in [1.82, 2.24) is 4.98 Å². The van der Waals surface area contributed by atoms with Gasteiger partial charge in [0.25, 0.3) is 0 Å². The third-order valence-electron chi connectivity index (χ3n) is 3.26. The van der Waals surface area contributed by atoms with E-state index in [1.807, 2.05) is 24.3 Å². The molecular formula is C15H8BrN5S. The molecule has 7 heteroatoms. The molecule has 0 radical (unpaired) electrons. The first-order valence-electron chi connectivity index (χ1n) is 6.15. The van der Waals surface area contributed by atoms with Crippen molar-refractivity contribution in [2.75, 3.05) is 11.5 Å². The predicted molar refractivity (Wildman–Crippen MR) is 91.0 cm³/mol. The highest BCUT2D eigenvalue weighted by atomic mass is 79.9. The minimum Gasteiger partial charge on any atom is -0.396 e. The van der Waals surface area contributed by atoms with Gasteiger partial charge in [-0.15, -0.1) is 11.3 Å². The second-order valence-electron chi connectivity index (χ2n) is 4.48. The summed E-state index contributed by atoms with van der Waals surface area (Å²) in [5, 5.41) is 19.3. The van der Waals surface area contributed by atoms with Gasteiger partial charge in [0.2, 0.25) is 0 Å². The molecule has 0 atom stereocenters. The molecule has 0 fully saturated rings. The van der Waals surface area contributed by atoms with Crippen LogP contribution in [-0.2, 0) is 0 Å². The van der Waals surface area contributed by atoms with Gasteiger partial charge in [0.05, 0.1) is 5.69 Å². The first kappa shape index (κ1) is 14.3. The Morgan fingerprint density at radius 3 is 2.50 bits per heavy atom. The van der Waals surface area contributed by atoms with Gasteiger partial charge in [0, 0.05) is 15.4 Å². The molecule has 1 aromatic carbocycles.